The van der Waals surface area contributed by atoms with Gasteiger partial charge in [-0.1, -0.05) is 0 Å². The van der Waals surface area contributed by atoms with Crippen LogP contribution in [0.5, 0.6) is 0 Å². The summed E-state index contributed by atoms with van der Waals surface area (Å²) < 4.78 is 50.9. The van der Waals surface area contributed by atoms with Gasteiger partial charge in [-0.25, -0.2) is 14.4 Å². The van der Waals surface area contributed by atoms with E-state index in [1.54, 1.807) is 0 Å². The summed E-state index contributed by atoms with van der Waals surface area (Å²) in [5.41, 5.74) is -1.60. The second-order valence-corrected chi connectivity index (χ2v) is 3.60. The van der Waals surface area contributed by atoms with E-state index in [2.05, 4.69) is 15.0 Å². The lowest BCUT2D eigenvalue weighted by Crippen LogP contribution is -2.09. The molecule has 18 heavy (non-hydrogen) atoms. The molecule has 0 fully saturated rings. The van der Waals surface area contributed by atoms with Crippen LogP contribution in [0.15, 0.2) is 24.5 Å². The van der Waals surface area contributed by atoms with Crippen molar-refractivity contribution in [2.45, 2.75) is 6.18 Å². The normalized spacial score (nSPS) is 11.6. The van der Waals surface area contributed by atoms with E-state index in [4.69, 9.17) is 11.6 Å². The third-order valence-corrected chi connectivity index (χ3v) is 2.21. The van der Waals surface area contributed by atoms with E-state index in [9.17, 15) is 17.6 Å². The number of rotatable bonds is 1. The number of aromatic nitrogens is 3. The highest BCUT2D eigenvalue weighted by Crippen LogP contribution is 2.31. The Bertz CT molecular complexity index is 586. The molecule has 2 aromatic heterocycles. The zero-order valence-corrected chi connectivity index (χ0v) is 9.30. The van der Waals surface area contributed by atoms with E-state index in [0.29, 0.717) is 6.07 Å². The van der Waals surface area contributed by atoms with Crippen LogP contribution in [0.25, 0.3) is 11.3 Å². The Morgan fingerprint density at radius 1 is 1.17 bits per heavy atom. The third kappa shape index (κ3) is 2.56. The minimum Gasteiger partial charge on any atom is -0.262 e. The van der Waals surface area contributed by atoms with Gasteiger partial charge in [0, 0.05) is 11.8 Å². The molecule has 8 heteroatoms. The first-order valence-electron chi connectivity index (χ1n) is 4.59. The molecular weight excluding hydrogens is 274 g/mol. The number of halogens is 5. The molecule has 0 N–H and O–H groups in total. The van der Waals surface area contributed by atoms with Gasteiger partial charge in [0.15, 0.2) is 5.82 Å². The van der Waals surface area contributed by atoms with Crippen LogP contribution < -0.4 is 0 Å². The summed E-state index contributed by atoms with van der Waals surface area (Å²) >= 11 is 5.40. The monoisotopic (exact) mass is 277 g/mol. The summed E-state index contributed by atoms with van der Waals surface area (Å²) in [7, 11) is 0. The Balaban J connectivity index is 2.60. The van der Waals surface area contributed by atoms with Gasteiger partial charge < -0.3 is 0 Å². The van der Waals surface area contributed by atoms with Crippen molar-refractivity contribution in [2.24, 2.45) is 0 Å². The van der Waals surface area contributed by atoms with Gasteiger partial charge in [0.25, 0.3) is 0 Å². The lowest BCUT2D eigenvalue weighted by Gasteiger charge is -2.08. The van der Waals surface area contributed by atoms with E-state index >= 15 is 0 Å². The molecule has 94 valence electrons. The van der Waals surface area contributed by atoms with Gasteiger partial charge in [-0.05, 0) is 23.7 Å². The van der Waals surface area contributed by atoms with Crippen LogP contribution in [0.1, 0.15) is 5.69 Å². The molecule has 0 aromatic carbocycles. The highest BCUT2D eigenvalue weighted by atomic mass is 35.5. The van der Waals surface area contributed by atoms with Crippen LogP contribution in [0.3, 0.4) is 0 Å². The lowest BCUT2D eigenvalue weighted by atomic mass is 10.1. The minimum atomic E-state index is -4.68. The van der Waals surface area contributed by atoms with Gasteiger partial charge in [0.2, 0.25) is 5.28 Å². The summed E-state index contributed by atoms with van der Waals surface area (Å²) in [5.74, 6) is -0.791. The number of hydrogen-bond donors (Lipinski definition) is 0. The lowest BCUT2D eigenvalue weighted by molar-refractivity contribution is -0.141. The smallest absolute Gasteiger partial charge is 0.262 e. The van der Waals surface area contributed by atoms with Crippen molar-refractivity contribution in [3.8, 4) is 11.3 Å². The fourth-order valence-corrected chi connectivity index (χ4v) is 1.47. The molecule has 3 nitrogen and oxygen atoms in total. The van der Waals surface area contributed by atoms with Crippen LogP contribution in [0, 0.1) is 5.82 Å². The molecule has 0 saturated heterocycles. The van der Waals surface area contributed by atoms with Gasteiger partial charge in [0.05, 0.1) is 11.9 Å². The molecule has 0 amide bonds. The summed E-state index contributed by atoms with van der Waals surface area (Å²) in [6.45, 7) is 0. The fraction of sp³-hybridized carbons (Fsp3) is 0.100. The van der Waals surface area contributed by atoms with Crippen LogP contribution in [-0.2, 0) is 6.18 Å². The molecule has 0 saturated carbocycles. The zero-order valence-electron chi connectivity index (χ0n) is 8.54. The van der Waals surface area contributed by atoms with Gasteiger partial charge >= 0.3 is 6.18 Å². The second kappa shape index (κ2) is 4.49. The van der Waals surface area contributed by atoms with Crippen LogP contribution in [0.4, 0.5) is 17.6 Å². The fourth-order valence-electron chi connectivity index (χ4n) is 1.28. The highest BCUT2D eigenvalue weighted by molar-refractivity contribution is 6.28. The van der Waals surface area contributed by atoms with Gasteiger partial charge in [0.1, 0.15) is 5.69 Å². The van der Waals surface area contributed by atoms with Crippen molar-refractivity contribution < 1.29 is 17.6 Å². The van der Waals surface area contributed by atoms with Crippen molar-refractivity contribution in [1.29, 1.82) is 0 Å². The van der Waals surface area contributed by atoms with Crippen LogP contribution >= 0.6 is 11.6 Å². The summed E-state index contributed by atoms with van der Waals surface area (Å²) in [6, 6.07) is 1.83. The Morgan fingerprint density at radius 2 is 1.89 bits per heavy atom. The molecule has 0 bridgehead atoms. The van der Waals surface area contributed by atoms with Gasteiger partial charge in [-0.2, -0.15) is 13.2 Å². The molecule has 2 heterocycles. The molecule has 0 atom stereocenters. The average Bonchev–Trinajstić information content (AvgIpc) is 2.27. The Kier molecular flexibility index (Phi) is 3.16. The third-order valence-electron chi connectivity index (χ3n) is 2.04. The highest BCUT2D eigenvalue weighted by Gasteiger charge is 2.33. The summed E-state index contributed by atoms with van der Waals surface area (Å²) in [5, 5.41) is -0.601. The summed E-state index contributed by atoms with van der Waals surface area (Å²) in [4.78, 5) is 10.1. The first kappa shape index (κ1) is 12.7. The van der Waals surface area contributed by atoms with Crippen molar-refractivity contribution in [1.82, 2.24) is 15.0 Å². The Hall–Kier alpha value is -1.76. The second-order valence-electron chi connectivity index (χ2n) is 3.26. The molecule has 2 aromatic rings. The maximum atomic E-state index is 13.4. The van der Waals surface area contributed by atoms with E-state index in [1.165, 1.54) is 12.3 Å². The number of nitrogens with zero attached hydrogens (tertiary/aromatic N) is 3. The molecule has 0 aliphatic heterocycles. The Morgan fingerprint density at radius 3 is 2.50 bits per heavy atom. The molecular formula is C10H4ClF4N3. The zero-order chi connectivity index (χ0) is 13.3. The first-order chi connectivity index (χ1) is 8.38. The predicted octanol–water partition coefficient (Wildman–Crippen LogP) is 3.35. The molecule has 2 rings (SSSR count). The number of pyridine rings is 1. The van der Waals surface area contributed by atoms with E-state index in [-0.39, 0.29) is 11.3 Å². The average molecular weight is 278 g/mol. The predicted molar refractivity (Wildman–Crippen MR) is 55.2 cm³/mol. The standard InChI is InChI=1S/C10H4ClF4N3/c11-9-17-7(3-8(18-9)10(13,14)15)5-1-2-16-4-6(5)12/h1-4H. The Labute approximate surface area is 103 Å². The number of hydrogen-bond acceptors (Lipinski definition) is 3. The van der Waals surface area contributed by atoms with Crippen molar-refractivity contribution in [3.05, 3.63) is 41.3 Å². The largest absolute Gasteiger partial charge is 0.433 e. The maximum Gasteiger partial charge on any atom is 0.433 e. The van der Waals surface area contributed by atoms with Crippen molar-refractivity contribution >= 4 is 11.6 Å². The van der Waals surface area contributed by atoms with E-state index in [1.807, 2.05) is 0 Å². The minimum absolute atomic E-state index is 0.125. The quantitative estimate of drug-likeness (QED) is 0.593. The van der Waals surface area contributed by atoms with Gasteiger partial charge in [-0.3, -0.25) is 4.98 Å². The van der Waals surface area contributed by atoms with Gasteiger partial charge in [-0.15, -0.1) is 0 Å². The summed E-state index contributed by atoms with van der Waals surface area (Å²) in [6.07, 6.45) is -2.56. The molecule has 0 unspecified atom stereocenters. The SMILES string of the molecule is Fc1cnccc1-c1cc(C(F)(F)F)nc(Cl)n1. The first-order valence-corrected chi connectivity index (χ1v) is 4.97. The van der Waals surface area contributed by atoms with Crippen LogP contribution in [-0.4, -0.2) is 15.0 Å². The van der Waals surface area contributed by atoms with Crippen molar-refractivity contribution in [3.63, 3.8) is 0 Å². The van der Waals surface area contributed by atoms with E-state index in [0.717, 1.165) is 6.20 Å². The van der Waals surface area contributed by atoms with E-state index < -0.39 is 23.0 Å². The topological polar surface area (TPSA) is 38.7 Å². The molecule has 0 aliphatic carbocycles. The van der Waals surface area contributed by atoms with Crippen molar-refractivity contribution in [2.75, 3.05) is 0 Å². The molecule has 0 aliphatic rings. The number of alkyl halides is 3. The van der Waals surface area contributed by atoms with Crippen LogP contribution in [0.2, 0.25) is 5.28 Å². The maximum absolute atomic E-state index is 13.4. The molecule has 0 spiro atoms. The molecule has 0 radical (unpaired) electrons.